The Morgan fingerprint density at radius 2 is 2.00 bits per heavy atom. The minimum atomic E-state index is -1.54. The molecule has 0 bridgehead atoms. The zero-order valence-corrected chi connectivity index (χ0v) is 6.10. The van der Waals surface area contributed by atoms with E-state index in [4.69, 9.17) is 5.26 Å². The van der Waals surface area contributed by atoms with Gasteiger partial charge in [0, 0.05) is 25.9 Å². The highest BCUT2D eigenvalue weighted by Crippen LogP contribution is 2.24. The Morgan fingerprint density at radius 3 is 2.40 bits per heavy atom. The molecule has 2 nitrogen and oxygen atoms in total. The number of nitrogens with zero attached hydrogens (tertiary/aromatic N) is 2. The average Bonchev–Trinajstić information content (AvgIpc) is 1.96. The van der Waals surface area contributed by atoms with Gasteiger partial charge in [-0.25, -0.2) is 4.39 Å². The molecule has 0 spiro atoms. The van der Waals surface area contributed by atoms with Gasteiger partial charge in [-0.1, -0.05) is 0 Å². The Balaban J connectivity index is 2.48. The lowest BCUT2D eigenvalue weighted by molar-refractivity contribution is 0.119. The summed E-state index contributed by atoms with van der Waals surface area (Å²) in [6.07, 6.45) is 0.722. The Bertz CT molecular complexity index is 153. The molecule has 1 aliphatic rings. The maximum absolute atomic E-state index is 13.1. The number of piperidine rings is 1. The van der Waals surface area contributed by atoms with E-state index >= 15 is 0 Å². The molecule has 10 heavy (non-hydrogen) atoms. The van der Waals surface area contributed by atoms with Gasteiger partial charge in [-0.15, -0.1) is 0 Å². The first-order chi connectivity index (χ1) is 4.66. The lowest BCUT2D eigenvalue weighted by Gasteiger charge is -2.29. The fourth-order valence-electron chi connectivity index (χ4n) is 1.08. The number of halogens is 1. The van der Waals surface area contributed by atoms with Crippen molar-refractivity contribution in [1.29, 1.82) is 5.26 Å². The lowest BCUT2D eigenvalue weighted by atomic mass is 9.96. The van der Waals surface area contributed by atoms with Crippen LogP contribution in [0.5, 0.6) is 0 Å². The van der Waals surface area contributed by atoms with Gasteiger partial charge in [-0.2, -0.15) is 5.26 Å². The molecule has 1 saturated heterocycles. The summed E-state index contributed by atoms with van der Waals surface area (Å²) in [5.41, 5.74) is -1.54. The molecule has 0 amide bonds. The highest BCUT2D eigenvalue weighted by Gasteiger charge is 2.32. The van der Waals surface area contributed by atoms with Gasteiger partial charge in [0.1, 0.15) is 6.07 Å². The maximum Gasteiger partial charge on any atom is 0.198 e. The van der Waals surface area contributed by atoms with E-state index in [-0.39, 0.29) is 0 Å². The topological polar surface area (TPSA) is 27.0 Å². The van der Waals surface area contributed by atoms with Gasteiger partial charge in [0.25, 0.3) is 0 Å². The Kier molecular flexibility index (Phi) is 1.91. The van der Waals surface area contributed by atoms with Gasteiger partial charge in [0.2, 0.25) is 0 Å². The maximum atomic E-state index is 13.1. The van der Waals surface area contributed by atoms with Crippen molar-refractivity contribution in [3.8, 4) is 6.07 Å². The Morgan fingerprint density at radius 1 is 1.50 bits per heavy atom. The van der Waals surface area contributed by atoms with Crippen LogP contribution in [0.2, 0.25) is 0 Å². The van der Waals surface area contributed by atoms with Gasteiger partial charge in [-0.3, -0.25) is 0 Å². The first-order valence-electron chi connectivity index (χ1n) is 3.45. The molecule has 0 aromatic heterocycles. The van der Waals surface area contributed by atoms with Gasteiger partial charge in [0.05, 0.1) is 0 Å². The van der Waals surface area contributed by atoms with Crippen molar-refractivity contribution in [2.75, 3.05) is 20.1 Å². The summed E-state index contributed by atoms with van der Waals surface area (Å²) in [6.45, 7) is 1.40. The summed E-state index contributed by atoms with van der Waals surface area (Å²) in [4.78, 5) is 2.04. The molecule has 0 aliphatic carbocycles. The highest BCUT2D eigenvalue weighted by atomic mass is 19.1. The van der Waals surface area contributed by atoms with Crippen LogP contribution in [-0.2, 0) is 0 Å². The van der Waals surface area contributed by atoms with Crippen LogP contribution in [0.25, 0.3) is 0 Å². The second-order valence-electron chi connectivity index (χ2n) is 2.88. The second-order valence-corrected chi connectivity index (χ2v) is 2.88. The Hall–Kier alpha value is -0.620. The summed E-state index contributed by atoms with van der Waals surface area (Å²) in [5.74, 6) is 0. The number of alkyl halides is 1. The summed E-state index contributed by atoms with van der Waals surface area (Å²) in [6, 6.07) is 1.71. The fourth-order valence-corrected chi connectivity index (χ4v) is 1.08. The first kappa shape index (κ1) is 7.49. The molecule has 56 valence electrons. The third-order valence-electron chi connectivity index (χ3n) is 1.98. The molecule has 0 atom stereocenters. The smallest absolute Gasteiger partial charge is 0.198 e. The van der Waals surface area contributed by atoms with Crippen molar-refractivity contribution >= 4 is 0 Å². The molecule has 3 heteroatoms. The van der Waals surface area contributed by atoms with Crippen LogP contribution in [0.3, 0.4) is 0 Å². The van der Waals surface area contributed by atoms with Crippen LogP contribution >= 0.6 is 0 Å². The summed E-state index contributed by atoms with van der Waals surface area (Å²) < 4.78 is 13.1. The zero-order valence-electron chi connectivity index (χ0n) is 6.10. The standard InChI is InChI=1S/C7H11FN2/c1-10-4-2-7(8,6-9)3-5-10/h2-5H2,1H3. The van der Waals surface area contributed by atoms with Crippen molar-refractivity contribution < 1.29 is 4.39 Å². The minimum absolute atomic E-state index is 0.361. The Labute approximate surface area is 60.2 Å². The van der Waals surface area contributed by atoms with Crippen molar-refractivity contribution in [3.63, 3.8) is 0 Å². The van der Waals surface area contributed by atoms with E-state index in [1.165, 1.54) is 0 Å². The molecular formula is C7H11FN2. The molecule has 1 heterocycles. The molecule has 1 rings (SSSR count). The van der Waals surface area contributed by atoms with Crippen LogP contribution in [0, 0.1) is 11.3 Å². The number of nitriles is 1. The van der Waals surface area contributed by atoms with Gasteiger partial charge < -0.3 is 4.90 Å². The zero-order chi connectivity index (χ0) is 7.61. The molecule has 0 N–H and O–H groups in total. The molecule has 1 aliphatic heterocycles. The summed E-state index contributed by atoms with van der Waals surface area (Å²) in [7, 11) is 1.94. The number of likely N-dealkylation sites (tertiary alicyclic amines) is 1. The number of rotatable bonds is 0. The van der Waals surface area contributed by atoms with E-state index < -0.39 is 5.67 Å². The van der Waals surface area contributed by atoms with Gasteiger partial charge in [-0.05, 0) is 7.05 Å². The molecule has 0 aromatic carbocycles. The second kappa shape index (κ2) is 2.55. The van der Waals surface area contributed by atoms with Crippen LogP contribution in [0.4, 0.5) is 4.39 Å². The normalized spacial score (nSPS) is 25.7. The van der Waals surface area contributed by atoms with E-state index in [0.29, 0.717) is 25.9 Å². The highest BCUT2D eigenvalue weighted by molar-refractivity contribution is 5.03. The fraction of sp³-hybridized carbons (Fsp3) is 0.857. The predicted molar refractivity (Wildman–Crippen MR) is 36.2 cm³/mol. The first-order valence-corrected chi connectivity index (χ1v) is 3.45. The average molecular weight is 142 g/mol. The van der Waals surface area contributed by atoms with Crippen LogP contribution in [-0.4, -0.2) is 30.7 Å². The van der Waals surface area contributed by atoms with Gasteiger partial charge >= 0.3 is 0 Å². The summed E-state index contributed by atoms with van der Waals surface area (Å²) in [5, 5.41) is 8.39. The molecule has 0 saturated carbocycles. The van der Waals surface area contributed by atoms with Crippen LogP contribution < -0.4 is 0 Å². The predicted octanol–water partition coefficient (Wildman–Crippen LogP) is 0.944. The molecule has 0 unspecified atom stereocenters. The molecule has 0 radical (unpaired) electrons. The molecular weight excluding hydrogens is 131 g/mol. The van der Waals surface area contributed by atoms with Crippen LogP contribution in [0.15, 0.2) is 0 Å². The third kappa shape index (κ3) is 1.45. The van der Waals surface area contributed by atoms with Crippen molar-refractivity contribution in [2.45, 2.75) is 18.5 Å². The molecule has 1 fully saturated rings. The van der Waals surface area contributed by atoms with E-state index in [0.717, 1.165) is 0 Å². The summed E-state index contributed by atoms with van der Waals surface area (Å²) >= 11 is 0. The van der Waals surface area contributed by atoms with Crippen molar-refractivity contribution in [1.82, 2.24) is 4.90 Å². The van der Waals surface area contributed by atoms with E-state index in [2.05, 4.69) is 0 Å². The van der Waals surface area contributed by atoms with Crippen molar-refractivity contribution in [2.24, 2.45) is 0 Å². The molecule has 0 aromatic rings. The van der Waals surface area contributed by atoms with E-state index in [9.17, 15) is 4.39 Å². The lowest BCUT2D eigenvalue weighted by Crippen LogP contribution is -2.38. The number of hydrogen-bond donors (Lipinski definition) is 0. The minimum Gasteiger partial charge on any atom is -0.306 e. The largest absolute Gasteiger partial charge is 0.306 e. The number of hydrogen-bond acceptors (Lipinski definition) is 2. The SMILES string of the molecule is CN1CCC(F)(C#N)CC1. The third-order valence-corrected chi connectivity index (χ3v) is 1.98. The van der Waals surface area contributed by atoms with E-state index in [1.54, 1.807) is 6.07 Å². The van der Waals surface area contributed by atoms with Gasteiger partial charge in [0.15, 0.2) is 5.67 Å². The van der Waals surface area contributed by atoms with E-state index in [1.807, 2.05) is 11.9 Å². The quantitative estimate of drug-likeness (QED) is 0.503. The monoisotopic (exact) mass is 142 g/mol. The van der Waals surface area contributed by atoms with Crippen molar-refractivity contribution in [3.05, 3.63) is 0 Å². The van der Waals surface area contributed by atoms with Crippen LogP contribution in [0.1, 0.15) is 12.8 Å².